The van der Waals surface area contributed by atoms with Crippen molar-refractivity contribution in [3.05, 3.63) is 35.1 Å². The van der Waals surface area contributed by atoms with Crippen molar-refractivity contribution >= 4 is 0 Å². The van der Waals surface area contributed by atoms with E-state index < -0.39 is 0 Å². The minimum atomic E-state index is -0.123. The van der Waals surface area contributed by atoms with Gasteiger partial charge < -0.3 is 5.73 Å². The summed E-state index contributed by atoms with van der Waals surface area (Å²) in [4.78, 5) is 0. The SMILES string of the molecule is Cc1ccc(CCC(N)C(C)(C)C)cc1F. The van der Waals surface area contributed by atoms with E-state index in [0.717, 1.165) is 18.4 Å². The molecule has 1 rings (SSSR count). The summed E-state index contributed by atoms with van der Waals surface area (Å²) in [6, 6.07) is 5.57. The Morgan fingerprint density at radius 1 is 1.31 bits per heavy atom. The fraction of sp³-hybridized carbons (Fsp3) is 0.571. The number of rotatable bonds is 3. The van der Waals surface area contributed by atoms with Gasteiger partial charge in [-0.15, -0.1) is 0 Å². The van der Waals surface area contributed by atoms with Crippen LogP contribution in [0.5, 0.6) is 0 Å². The molecular weight excluding hydrogens is 201 g/mol. The fourth-order valence-corrected chi connectivity index (χ4v) is 1.55. The van der Waals surface area contributed by atoms with E-state index in [1.807, 2.05) is 12.1 Å². The Balaban J connectivity index is 2.58. The van der Waals surface area contributed by atoms with Gasteiger partial charge in [0.05, 0.1) is 0 Å². The Hall–Kier alpha value is -0.890. The molecule has 2 heteroatoms. The maximum atomic E-state index is 13.3. The zero-order valence-corrected chi connectivity index (χ0v) is 10.7. The zero-order valence-electron chi connectivity index (χ0n) is 10.7. The third kappa shape index (κ3) is 3.60. The molecule has 2 N–H and O–H groups in total. The quantitative estimate of drug-likeness (QED) is 0.834. The first-order valence-electron chi connectivity index (χ1n) is 5.81. The molecule has 0 saturated carbocycles. The molecule has 0 saturated heterocycles. The average Bonchev–Trinajstić information content (AvgIpc) is 2.18. The summed E-state index contributed by atoms with van der Waals surface area (Å²) in [5.74, 6) is -0.123. The molecule has 0 aliphatic carbocycles. The van der Waals surface area contributed by atoms with E-state index in [9.17, 15) is 4.39 Å². The molecule has 1 unspecified atom stereocenters. The van der Waals surface area contributed by atoms with Gasteiger partial charge in [-0.2, -0.15) is 0 Å². The lowest BCUT2D eigenvalue weighted by Gasteiger charge is -2.27. The van der Waals surface area contributed by atoms with E-state index in [-0.39, 0.29) is 17.3 Å². The molecule has 0 aromatic heterocycles. The molecule has 1 aromatic rings. The molecule has 0 aliphatic rings. The normalized spacial score (nSPS) is 13.9. The molecule has 1 atom stereocenters. The molecule has 0 fully saturated rings. The lowest BCUT2D eigenvalue weighted by Crippen LogP contribution is -2.35. The van der Waals surface area contributed by atoms with Crippen LogP contribution in [0, 0.1) is 18.2 Å². The number of benzene rings is 1. The Labute approximate surface area is 97.9 Å². The van der Waals surface area contributed by atoms with Crippen molar-refractivity contribution in [2.45, 2.75) is 46.6 Å². The Morgan fingerprint density at radius 2 is 1.94 bits per heavy atom. The predicted octanol–water partition coefficient (Wildman–Crippen LogP) is 3.44. The van der Waals surface area contributed by atoms with Gasteiger partial charge in [-0.05, 0) is 42.4 Å². The van der Waals surface area contributed by atoms with Gasteiger partial charge in [-0.3, -0.25) is 0 Å². The molecule has 90 valence electrons. The Morgan fingerprint density at radius 3 is 2.44 bits per heavy atom. The standard InChI is InChI=1S/C14H22FN/c1-10-5-6-11(9-12(10)15)7-8-13(16)14(2,3)4/h5-6,9,13H,7-8,16H2,1-4H3. The first-order valence-corrected chi connectivity index (χ1v) is 5.81. The molecule has 0 aliphatic heterocycles. The highest BCUT2D eigenvalue weighted by molar-refractivity contribution is 5.23. The summed E-state index contributed by atoms with van der Waals surface area (Å²) in [7, 11) is 0. The first kappa shape index (κ1) is 13.2. The van der Waals surface area contributed by atoms with Crippen molar-refractivity contribution in [3.63, 3.8) is 0 Å². The van der Waals surface area contributed by atoms with Crippen LogP contribution in [0.2, 0.25) is 0 Å². The highest BCUT2D eigenvalue weighted by Gasteiger charge is 2.19. The van der Waals surface area contributed by atoms with E-state index in [4.69, 9.17) is 5.73 Å². The van der Waals surface area contributed by atoms with Crippen LogP contribution in [-0.2, 0) is 6.42 Å². The van der Waals surface area contributed by atoms with Crippen LogP contribution in [0.1, 0.15) is 38.3 Å². The largest absolute Gasteiger partial charge is 0.327 e. The minimum Gasteiger partial charge on any atom is -0.327 e. The molecule has 1 aromatic carbocycles. The molecule has 16 heavy (non-hydrogen) atoms. The van der Waals surface area contributed by atoms with Crippen LogP contribution in [-0.4, -0.2) is 6.04 Å². The molecule has 0 heterocycles. The van der Waals surface area contributed by atoms with Crippen LogP contribution in [0.25, 0.3) is 0 Å². The average molecular weight is 223 g/mol. The molecule has 0 radical (unpaired) electrons. The number of nitrogens with two attached hydrogens (primary N) is 1. The third-order valence-corrected chi connectivity index (χ3v) is 3.09. The van der Waals surface area contributed by atoms with Crippen molar-refractivity contribution in [2.24, 2.45) is 11.1 Å². The maximum absolute atomic E-state index is 13.3. The summed E-state index contributed by atoms with van der Waals surface area (Å²) >= 11 is 0. The van der Waals surface area contributed by atoms with Crippen molar-refractivity contribution in [3.8, 4) is 0 Å². The van der Waals surface area contributed by atoms with Crippen molar-refractivity contribution in [1.29, 1.82) is 0 Å². The summed E-state index contributed by atoms with van der Waals surface area (Å²) in [6.45, 7) is 8.17. The summed E-state index contributed by atoms with van der Waals surface area (Å²) < 4.78 is 13.3. The van der Waals surface area contributed by atoms with E-state index in [1.54, 1.807) is 13.0 Å². The van der Waals surface area contributed by atoms with Crippen LogP contribution in [0.15, 0.2) is 18.2 Å². The second-order valence-corrected chi connectivity index (χ2v) is 5.59. The lowest BCUT2D eigenvalue weighted by molar-refractivity contribution is 0.306. The molecular formula is C14H22FN. The van der Waals surface area contributed by atoms with Crippen molar-refractivity contribution in [1.82, 2.24) is 0 Å². The van der Waals surface area contributed by atoms with Crippen LogP contribution in [0.3, 0.4) is 0 Å². The zero-order chi connectivity index (χ0) is 12.3. The summed E-state index contributed by atoms with van der Waals surface area (Å²) in [6.07, 6.45) is 1.74. The van der Waals surface area contributed by atoms with Gasteiger partial charge >= 0.3 is 0 Å². The lowest BCUT2D eigenvalue weighted by atomic mass is 9.84. The number of aryl methyl sites for hydroxylation is 2. The summed E-state index contributed by atoms with van der Waals surface area (Å²) in [5, 5.41) is 0. The van der Waals surface area contributed by atoms with Gasteiger partial charge in [0.2, 0.25) is 0 Å². The van der Waals surface area contributed by atoms with Gasteiger partial charge in [0, 0.05) is 6.04 Å². The van der Waals surface area contributed by atoms with Crippen LogP contribution < -0.4 is 5.73 Å². The van der Waals surface area contributed by atoms with Crippen LogP contribution in [0.4, 0.5) is 4.39 Å². The monoisotopic (exact) mass is 223 g/mol. The van der Waals surface area contributed by atoms with E-state index in [0.29, 0.717) is 5.56 Å². The van der Waals surface area contributed by atoms with Crippen LogP contribution >= 0.6 is 0 Å². The smallest absolute Gasteiger partial charge is 0.126 e. The van der Waals surface area contributed by atoms with Gasteiger partial charge in [0.1, 0.15) is 5.82 Å². The van der Waals surface area contributed by atoms with Crippen molar-refractivity contribution < 1.29 is 4.39 Å². The van der Waals surface area contributed by atoms with Gasteiger partial charge in [0.25, 0.3) is 0 Å². The maximum Gasteiger partial charge on any atom is 0.126 e. The van der Waals surface area contributed by atoms with E-state index in [2.05, 4.69) is 20.8 Å². The Kier molecular flexibility index (Phi) is 4.09. The highest BCUT2D eigenvalue weighted by atomic mass is 19.1. The highest BCUT2D eigenvalue weighted by Crippen LogP contribution is 2.21. The molecule has 0 bridgehead atoms. The second-order valence-electron chi connectivity index (χ2n) is 5.59. The second kappa shape index (κ2) is 4.96. The Bertz CT molecular complexity index is 352. The van der Waals surface area contributed by atoms with E-state index in [1.165, 1.54) is 0 Å². The van der Waals surface area contributed by atoms with Gasteiger partial charge in [-0.1, -0.05) is 32.9 Å². The van der Waals surface area contributed by atoms with Crippen molar-refractivity contribution in [2.75, 3.05) is 0 Å². The minimum absolute atomic E-state index is 0.114. The molecule has 1 nitrogen and oxygen atoms in total. The number of hydrogen-bond acceptors (Lipinski definition) is 1. The fourth-order valence-electron chi connectivity index (χ4n) is 1.55. The summed E-state index contributed by atoms with van der Waals surface area (Å²) in [5.41, 5.74) is 7.92. The topological polar surface area (TPSA) is 26.0 Å². The molecule has 0 spiro atoms. The number of halogens is 1. The van der Waals surface area contributed by atoms with E-state index >= 15 is 0 Å². The van der Waals surface area contributed by atoms with Gasteiger partial charge in [0.15, 0.2) is 0 Å². The first-order chi connectivity index (χ1) is 7.30. The predicted molar refractivity (Wildman–Crippen MR) is 66.9 cm³/mol. The van der Waals surface area contributed by atoms with Gasteiger partial charge in [-0.25, -0.2) is 4.39 Å². The third-order valence-electron chi connectivity index (χ3n) is 3.09. The molecule has 0 amide bonds. The number of hydrogen-bond donors (Lipinski definition) is 1.